The fraction of sp³-hybridized carbons (Fsp3) is 0.150. The molecule has 0 aliphatic carbocycles. The highest BCUT2D eigenvalue weighted by Gasteiger charge is 2.20. The summed E-state index contributed by atoms with van der Waals surface area (Å²) in [4.78, 5) is 2.09. The Bertz CT molecular complexity index is 946. The van der Waals surface area contributed by atoms with Gasteiger partial charge in [0, 0.05) is 36.4 Å². The van der Waals surface area contributed by atoms with Crippen molar-refractivity contribution < 1.29 is 26.5 Å². The number of hydrogen-bond donors (Lipinski definition) is 0. The van der Waals surface area contributed by atoms with Gasteiger partial charge in [-0.3, -0.25) is 0 Å². The molecule has 0 N–H and O–H groups in total. The molecule has 3 nitrogen and oxygen atoms in total. The third-order valence-electron chi connectivity index (χ3n) is 3.86. The SMILES string of the molecule is CN(C)c1ccc(/C=C/c2cc(-c3ccc(Cl)cc3)o[n+]2C)cc1.F[B-](F)(F)F. The molecule has 1 heterocycles. The zero-order valence-corrected chi connectivity index (χ0v) is 16.9. The lowest BCUT2D eigenvalue weighted by Crippen LogP contribution is -2.27. The summed E-state index contributed by atoms with van der Waals surface area (Å²) < 4.78 is 46.6. The van der Waals surface area contributed by atoms with Gasteiger partial charge in [-0.25, -0.2) is 4.52 Å². The van der Waals surface area contributed by atoms with E-state index in [1.165, 1.54) is 5.69 Å². The largest absolute Gasteiger partial charge is 0.673 e. The van der Waals surface area contributed by atoms with Crippen LogP contribution in [-0.2, 0) is 7.05 Å². The zero-order valence-electron chi connectivity index (χ0n) is 16.1. The minimum Gasteiger partial charge on any atom is -0.418 e. The Balaban J connectivity index is 0.000000537. The van der Waals surface area contributed by atoms with Gasteiger partial charge in [0.1, 0.15) is 0 Å². The average Bonchev–Trinajstić information content (AvgIpc) is 3.00. The number of anilines is 1. The fourth-order valence-electron chi connectivity index (χ4n) is 2.42. The van der Waals surface area contributed by atoms with Gasteiger partial charge in [0.15, 0.2) is 7.05 Å². The second-order valence-electron chi connectivity index (χ2n) is 6.34. The third-order valence-corrected chi connectivity index (χ3v) is 4.11. The lowest BCUT2D eigenvalue weighted by molar-refractivity contribution is -0.844. The molecule has 1 aromatic heterocycles. The van der Waals surface area contributed by atoms with Crippen molar-refractivity contribution in [2.45, 2.75) is 0 Å². The maximum absolute atomic E-state index is 9.75. The Morgan fingerprint density at radius 3 is 2.00 bits per heavy atom. The molecule has 154 valence electrons. The molecule has 3 aromatic rings. The van der Waals surface area contributed by atoms with Crippen LogP contribution in [0.1, 0.15) is 11.3 Å². The molecule has 0 aliphatic rings. The molecule has 0 atom stereocenters. The fourth-order valence-corrected chi connectivity index (χ4v) is 2.55. The molecule has 0 aliphatic heterocycles. The topological polar surface area (TPSA) is 20.3 Å². The highest BCUT2D eigenvalue weighted by Crippen LogP contribution is 2.22. The van der Waals surface area contributed by atoms with Crippen LogP contribution in [-0.4, -0.2) is 21.3 Å². The third kappa shape index (κ3) is 7.66. The maximum atomic E-state index is 9.75. The van der Waals surface area contributed by atoms with Crippen molar-refractivity contribution in [2.75, 3.05) is 19.0 Å². The standard InChI is InChI=1S/C20H20ClN2O.BF4/c1-22(2)18-11-4-15(5-12-18)6-13-19-14-20(24-23(19)3)16-7-9-17(21)10-8-16;2-1(3,4)5/h4-14H,1-3H3;/q+1;-1. The predicted octanol–water partition coefficient (Wildman–Crippen LogP) is 5.96. The minimum absolute atomic E-state index is 0.718. The van der Waals surface area contributed by atoms with Gasteiger partial charge < -0.3 is 22.2 Å². The molecule has 3 rings (SSSR count). The molecule has 0 saturated heterocycles. The number of halogens is 5. The Hall–Kier alpha value is -2.74. The van der Waals surface area contributed by atoms with E-state index in [9.17, 15) is 17.3 Å². The van der Waals surface area contributed by atoms with Crippen molar-refractivity contribution >= 4 is 36.7 Å². The molecule has 0 spiro atoms. The van der Waals surface area contributed by atoms with Gasteiger partial charge in [0.25, 0.3) is 5.69 Å². The summed E-state index contributed by atoms with van der Waals surface area (Å²) in [6.07, 6.45) is 4.13. The van der Waals surface area contributed by atoms with Crippen molar-refractivity contribution in [2.24, 2.45) is 7.05 Å². The van der Waals surface area contributed by atoms with Crippen LogP contribution in [0.15, 0.2) is 59.1 Å². The van der Waals surface area contributed by atoms with E-state index in [-0.39, 0.29) is 0 Å². The van der Waals surface area contributed by atoms with Crippen molar-refractivity contribution in [1.29, 1.82) is 0 Å². The molecule has 2 aromatic carbocycles. The number of rotatable bonds is 4. The first-order valence-corrected chi connectivity index (χ1v) is 9.00. The number of hydrogen-bond acceptors (Lipinski definition) is 2. The van der Waals surface area contributed by atoms with Crippen LogP contribution >= 0.6 is 11.6 Å². The second kappa shape index (κ2) is 9.65. The molecule has 0 amide bonds. The molecular formula is C20H20BClF4N2O. The van der Waals surface area contributed by atoms with E-state index in [0.29, 0.717) is 0 Å². The summed E-state index contributed by atoms with van der Waals surface area (Å²) in [6, 6.07) is 18.1. The van der Waals surface area contributed by atoms with Gasteiger partial charge in [-0.05, 0) is 52.8 Å². The van der Waals surface area contributed by atoms with Crippen molar-refractivity contribution in [1.82, 2.24) is 0 Å². The van der Waals surface area contributed by atoms with E-state index in [4.69, 9.17) is 16.1 Å². The van der Waals surface area contributed by atoms with E-state index in [2.05, 4.69) is 35.2 Å². The number of benzene rings is 2. The molecule has 0 saturated carbocycles. The van der Waals surface area contributed by atoms with Gasteiger partial charge in [0.05, 0.1) is 6.07 Å². The number of aromatic nitrogens is 1. The number of aryl methyl sites for hydroxylation is 1. The molecule has 9 heteroatoms. The summed E-state index contributed by atoms with van der Waals surface area (Å²) in [6.45, 7) is 0. The van der Waals surface area contributed by atoms with Crippen LogP contribution in [0.25, 0.3) is 23.5 Å². The molecule has 0 unspecified atom stereocenters. The van der Waals surface area contributed by atoms with Crippen LogP contribution < -0.4 is 9.64 Å². The lowest BCUT2D eigenvalue weighted by Gasteiger charge is -2.11. The highest BCUT2D eigenvalue weighted by atomic mass is 35.5. The summed E-state index contributed by atoms with van der Waals surface area (Å²) >= 11 is 5.93. The van der Waals surface area contributed by atoms with Crippen LogP contribution in [0.2, 0.25) is 5.02 Å². The average molecular weight is 427 g/mol. The zero-order chi connectivity index (χ0) is 21.6. The highest BCUT2D eigenvalue weighted by molar-refractivity contribution is 6.50. The first kappa shape index (κ1) is 22.6. The molecular weight excluding hydrogens is 406 g/mol. The monoisotopic (exact) mass is 426 g/mol. The summed E-state index contributed by atoms with van der Waals surface area (Å²) in [5.41, 5.74) is 4.34. The first-order valence-electron chi connectivity index (χ1n) is 8.62. The van der Waals surface area contributed by atoms with Crippen molar-refractivity contribution in [3.8, 4) is 11.3 Å². The van der Waals surface area contributed by atoms with Gasteiger partial charge in [-0.2, -0.15) is 0 Å². The van der Waals surface area contributed by atoms with E-state index >= 15 is 0 Å². The summed E-state index contributed by atoms with van der Waals surface area (Å²) in [5.74, 6) is 0.816. The van der Waals surface area contributed by atoms with Gasteiger partial charge in [0.2, 0.25) is 5.76 Å². The van der Waals surface area contributed by atoms with Crippen LogP contribution in [0.4, 0.5) is 23.0 Å². The quantitative estimate of drug-likeness (QED) is 0.291. The normalized spacial score (nSPS) is 11.3. The smallest absolute Gasteiger partial charge is 0.418 e. The van der Waals surface area contributed by atoms with Gasteiger partial charge in [-0.1, -0.05) is 23.7 Å². The summed E-state index contributed by atoms with van der Waals surface area (Å²) in [7, 11) is -0.0303. The van der Waals surface area contributed by atoms with Crippen molar-refractivity contribution in [3.05, 3.63) is 70.9 Å². The van der Waals surface area contributed by atoms with E-state index in [1.807, 2.05) is 57.6 Å². The van der Waals surface area contributed by atoms with Crippen LogP contribution in [0, 0.1) is 0 Å². The maximum Gasteiger partial charge on any atom is 0.673 e. The van der Waals surface area contributed by atoms with E-state index < -0.39 is 7.25 Å². The Labute approximate surface area is 171 Å². The van der Waals surface area contributed by atoms with Crippen LogP contribution in [0.5, 0.6) is 0 Å². The van der Waals surface area contributed by atoms with Crippen molar-refractivity contribution in [3.63, 3.8) is 0 Å². The summed E-state index contributed by atoms with van der Waals surface area (Å²) in [5, 5.41) is 0.718. The van der Waals surface area contributed by atoms with Gasteiger partial charge in [-0.15, -0.1) is 0 Å². The Morgan fingerprint density at radius 1 is 0.931 bits per heavy atom. The molecule has 0 radical (unpaired) electrons. The molecule has 0 fully saturated rings. The first-order chi connectivity index (χ1) is 13.5. The molecule has 0 bridgehead atoms. The van der Waals surface area contributed by atoms with Crippen LogP contribution in [0.3, 0.4) is 0 Å². The predicted molar refractivity (Wildman–Crippen MR) is 110 cm³/mol. The minimum atomic E-state index is -6.00. The van der Waals surface area contributed by atoms with E-state index in [1.54, 1.807) is 4.74 Å². The molecule has 29 heavy (non-hydrogen) atoms. The Kier molecular flexibility index (Phi) is 7.50. The van der Waals surface area contributed by atoms with E-state index in [0.717, 1.165) is 27.6 Å². The number of nitrogens with zero attached hydrogens (tertiary/aromatic N) is 2. The Morgan fingerprint density at radius 2 is 1.48 bits per heavy atom. The van der Waals surface area contributed by atoms with Gasteiger partial charge >= 0.3 is 7.25 Å². The second-order valence-corrected chi connectivity index (χ2v) is 6.78. The lowest BCUT2D eigenvalue weighted by atomic mass is 10.1.